The van der Waals surface area contributed by atoms with Crippen molar-refractivity contribution in [2.24, 2.45) is 0 Å². The van der Waals surface area contributed by atoms with E-state index in [4.69, 9.17) is 4.74 Å². The Morgan fingerprint density at radius 3 is 2.71 bits per heavy atom. The molecule has 0 saturated carbocycles. The molecule has 0 aliphatic carbocycles. The summed E-state index contributed by atoms with van der Waals surface area (Å²) in [6.07, 6.45) is 5.08. The highest BCUT2D eigenvalue weighted by molar-refractivity contribution is 5.84. The van der Waals surface area contributed by atoms with E-state index < -0.39 is 5.54 Å². The zero-order valence-corrected chi connectivity index (χ0v) is 14.0. The summed E-state index contributed by atoms with van der Waals surface area (Å²) in [5.41, 5.74) is 0.455. The molecule has 1 amide bonds. The van der Waals surface area contributed by atoms with Crippen LogP contribution in [-0.2, 0) is 16.9 Å². The Hall–Kier alpha value is -2.34. The van der Waals surface area contributed by atoms with Crippen LogP contribution < -0.4 is 15.4 Å². The maximum absolute atomic E-state index is 12.9. The molecule has 1 aromatic carbocycles. The van der Waals surface area contributed by atoms with Crippen LogP contribution in [0.1, 0.15) is 25.3 Å². The van der Waals surface area contributed by atoms with Crippen molar-refractivity contribution in [2.45, 2.75) is 31.8 Å². The molecule has 1 fully saturated rings. The van der Waals surface area contributed by atoms with E-state index in [0.717, 1.165) is 37.2 Å². The van der Waals surface area contributed by atoms with Gasteiger partial charge in [-0.15, -0.1) is 0 Å². The molecule has 3 rings (SSSR count). The predicted molar refractivity (Wildman–Crippen MR) is 91.8 cm³/mol. The van der Waals surface area contributed by atoms with Crippen molar-refractivity contribution in [2.75, 3.05) is 19.7 Å². The van der Waals surface area contributed by atoms with Gasteiger partial charge in [0.05, 0.1) is 6.61 Å². The van der Waals surface area contributed by atoms with Crippen molar-refractivity contribution in [1.82, 2.24) is 20.4 Å². The molecule has 1 aliphatic heterocycles. The topological polar surface area (TPSA) is 68.2 Å². The Labute approximate surface area is 142 Å². The standard InChI is InChI=1S/C18H24N4O2/c1-2-24-16-6-4-15(5-7-16)14-20-17(23)18(8-11-19-12-9-18)22-13-3-10-21-22/h3-7,10,13,19H,2,8-9,11-12,14H2,1H3,(H,20,23). The average molecular weight is 328 g/mol. The molecule has 6 nitrogen and oxygen atoms in total. The second-order valence-electron chi connectivity index (χ2n) is 5.99. The molecule has 0 spiro atoms. The molecule has 1 aliphatic rings. The Bertz CT molecular complexity index is 646. The van der Waals surface area contributed by atoms with Gasteiger partial charge < -0.3 is 15.4 Å². The first-order chi connectivity index (χ1) is 11.7. The van der Waals surface area contributed by atoms with E-state index in [1.54, 1.807) is 10.9 Å². The van der Waals surface area contributed by atoms with Crippen molar-refractivity contribution in [3.8, 4) is 5.75 Å². The molecule has 1 saturated heterocycles. The van der Waals surface area contributed by atoms with E-state index in [9.17, 15) is 4.79 Å². The number of piperidine rings is 1. The third kappa shape index (κ3) is 3.43. The predicted octanol–water partition coefficient (Wildman–Crippen LogP) is 1.68. The van der Waals surface area contributed by atoms with E-state index >= 15 is 0 Å². The van der Waals surface area contributed by atoms with Crippen LogP contribution in [0, 0.1) is 0 Å². The summed E-state index contributed by atoms with van der Waals surface area (Å²) in [6.45, 7) is 4.74. The third-order valence-corrected chi connectivity index (χ3v) is 4.48. The SMILES string of the molecule is CCOc1ccc(CNC(=O)C2(n3cccn3)CCNCC2)cc1. The smallest absolute Gasteiger partial charge is 0.248 e. The Morgan fingerprint density at radius 2 is 2.08 bits per heavy atom. The molecular formula is C18H24N4O2. The number of aromatic nitrogens is 2. The highest BCUT2D eigenvalue weighted by atomic mass is 16.5. The van der Waals surface area contributed by atoms with Crippen molar-refractivity contribution in [3.05, 3.63) is 48.3 Å². The zero-order chi connectivity index (χ0) is 16.8. The molecule has 6 heteroatoms. The fourth-order valence-electron chi connectivity index (χ4n) is 3.14. The Morgan fingerprint density at radius 1 is 1.33 bits per heavy atom. The molecule has 24 heavy (non-hydrogen) atoms. The number of hydrogen-bond acceptors (Lipinski definition) is 4. The normalized spacial score (nSPS) is 16.5. The van der Waals surface area contributed by atoms with Crippen LogP contribution in [-0.4, -0.2) is 35.4 Å². The summed E-state index contributed by atoms with van der Waals surface area (Å²) < 4.78 is 7.25. The lowest BCUT2D eigenvalue weighted by molar-refractivity contribution is -0.132. The summed E-state index contributed by atoms with van der Waals surface area (Å²) in [5.74, 6) is 0.875. The van der Waals surface area contributed by atoms with E-state index in [0.29, 0.717) is 13.2 Å². The second kappa shape index (κ2) is 7.49. The Balaban J connectivity index is 1.68. The van der Waals surface area contributed by atoms with E-state index in [-0.39, 0.29) is 5.91 Å². The van der Waals surface area contributed by atoms with Crippen molar-refractivity contribution < 1.29 is 9.53 Å². The molecule has 0 atom stereocenters. The van der Waals surface area contributed by atoms with E-state index in [1.807, 2.05) is 43.5 Å². The fourth-order valence-corrected chi connectivity index (χ4v) is 3.14. The molecule has 0 unspecified atom stereocenters. The molecule has 0 bridgehead atoms. The van der Waals surface area contributed by atoms with Crippen molar-refractivity contribution in [1.29, 1.82) is 0 Å². The van der Waals surface area contributed by atoms with Crippen molar-refractivity contribution >= 4 is 5.91 Å². The molecule has 0 radical (unpaired) electrons. The van der Waals surface area contributed by atoms with Crippen molar-refractivity contribution in [3.63, 3.8) is 0 Å². The lowest BCUT2D eigenvalue weighted by Crippen LogP contribution is -2.54. The quantitative estimate of drug-likeness (QED) is 0.846. The van der Waals surface area contributed by atoms with Gasteiger partial charge in [0.2, 0.25) is 5.91 Å². The van der Waals surface area contributed by atoms with Gasteiger partial charge in [0.25, 0.3) is 0 Å². The third-order valence-electron chi connectivity index (χ3n) is 4.48. The number of amides is 1. The first-order valence-electron chi connectivity index (χ1n) is 8.45. The minimum Gasteiger partial charge on any atom is -0.494 e. The number of nitrogens with zero attached hydrogens (tertiary/aromatic N) is 2. The maximum Gasteiger partial charge on any atom is 0.248 e. The molecule has 2 heterocycles. The van der Waals surface area contributed by atoms with Gasteiger partial charge in [0.1, 0.15) is 11.3 Å². The maximum atomic E-state index is 12.9. The van der Waals surface area contributed by atoms with Crippen LogP contribution in [0.4, 0.5) is 0 Å². The van der Waals surface area contributed by atoms with Gasteiger partial charge in [-0.2, -0.15) is 5.10 Å². The fraction of sp³-hybridized carbons (Fsp3) is 0.444. The average Bonchev–Trinajstić information content (AvgIpc) is 3.17. The number of benzene rings is 1. The van der Waals surface area contributed by atoms with E-state index in [2.05, 4.69) is 15.7 Å². The van der Waals surface area contributed by atoms with Gasteiger partial charge in [-0.25, -0.2) is 0 Å². The van der Waals surface area contributed by atoms with Gasteiger partial charge in [-0.1, -0.05) is 12.1 Å². The molecule has 2 aromatic rings. The van der Waals surface area contributed by atoms with Crippen LogP contribution in [0.3, 0.4) is 0 Å². The van der Waals surface area contributed by atoms with Crippen LogP contribution >= 0.6 is 0 Å². The first kappa shape index (κ1) is 16.5. The highest BCUT2D eigenvalue weighted by Crippen LogP contribution is 2.27. The zero-order valence-electron chi connectivity index (χ0n) is 14.0. The summed E-state index contributed by atoms with van der Waals surface area (Å²) in [7, 11) is 0. The van der Waals surface area contributed by atoms with Gasteiger partial charge >= 0.3 is 0 Å². The number of carbonyl (C=O) groups excluding carboxylic acids is 1. The second-order valence-corrected chi connectivity index (χ2v) is 5.99. The monoisotopic (exact) mass is 328 g/mol. The van der Waals surface area contributed by atoms with Gasteiger partial charge in [-0.05, 0) is 56.6 Å². The number of nitrogens with one attached hydrogen (secondary N) is 2. The van der Waals surface area contributed by atoms with Crippen LogP contribution in [0.15, 0.2) is 42.7 Å². The lowest BCUT2D eigenvalue weighted by Gasteiger charge is -2.36. The van der Waals surface area contributed by atoms with E-state index in [1.165, 1.54) is 0 Å². The van der Waals surface area contributed by atoms with Gasteiger partial charge in [0, 0.05) is 18.9 Å². The van der Waals surface area contributed by atoms with Gasteiger partial charge in [-0.3, -0.25) is 9.48 Å². The largest absolute Gasteiger partial charge is 0.494 e. The van der Waals surface area contributed by atoms with Crippen LogP contribution in [0.5, 0.6) is 5.75 Å². The van der Waals surface area contributed by atoms with Crippen LogP contribution in [0.2, 0.25) is 0 Å². The minimum absolute atomic E-state index is 0.0292. The van der Waals surface area contributed by atoms with Crippen LogP contribution in [0.25, 0.3) is 0 Å². The van der Waals surface area contributed by atoms with Gasteiger partial charge in [0.15, 0.2) is 0 Å². The molecule has 1 aromatic heterocycles. The summed E-state index contributed by atoms with van der Waals surface area (Å²) >= 11 is 0. The minimum atomic E-state index is -0.597. The lowest BCUT2D eigenvalue weighted by atomic mass is 9.87. The molecular weight excluding hydrogens is 304 g/mol. The number of carbonyl (C=O) groups is 1. The summed E-state index contributed by atoms with van der Waals surface area (Å²) in [6, 6.07) is 9.68. The highest BCUT2D eigenvalue weighted by Gasteiger charge is 2.41. The molecule has 128 valence electrons. The number of rotatable bonds is 6. The molecule has 2 N–H and O–H groups in total. The Kier molecular flexibility index (Phi) is 5.15. The number of hydrogen-bond donors (Lipinski definition) is 2. The summed E-state index contributed by atoms with van der Waals surface area (Å²) in [4.78, 5) is 12.9. The first-order valence-corrected chi connectivity index (χ1v) is 8.45. The number of ether oxygens (including phenoxy) is 1. The summed E-state index contributed by atoms with van der Waals surface area (Å²) in [5, 5.41) is 10.7.